The first-order valence-electron chi connectivity index (χ1n) is 6.14. The van der Waals surface area contributed by atoms with Crippen LogP contribution in [-0.4, -0.2) is 33.9 Å². The van der Waals surface area contributed by atoms with Gasteiger partial charge in [0.05, 0.1) is 5.52 Å². The normalized spacial score (nSPS) is 21.4. The van der Waals surface area contributed by atoms with E-state index in [-0.39, 0.29) is 0 Å². The van der Waals surface area contributed by atoms with Crippen molar-refractivity contribution >= 4 is 21.4 Å². The average Bonchev–Trinajstić information content (AvgIpc) is 2.95. The number of rotatable bonds is 2. The van der Waals surface area contributed by atoms with Crippen molar-refractivity contribution < 1.29 is 0 Å². The number of hydrogen-bond acceptors (Lipinski definition) is 2. The van der Waals surface area contributed by atoms with Crippen molar-refractivity contribution in [2.24, 2.45) is 0 Å². The summed E-state index contributed by atoms with van der Waals surface area (Å²) in [6.07, 6.45) is 3.32. The second-order valence-electron chi connectivity index (χ2n) is 4.60. The van der Waals surface area contributed by atoms with Crippen molar-refractivity contribution in [2.45, 2.75) is 19.3 Å². The molecule has 1 saturated heterocycles. The molecule has 1 aliphatic rings. The molecule has 1 fully saturated rings. The van der Waals surface area contributed by atoms with Gasteiger partial charge in [0.2, 0.25) is 0 Å². The van der Waals surface area contributed by atoms with Gasteiger partial charge in [-0.25, -0.2) is 4.98 Å². The lowest BCUT2D eigenvalue weighted by atomic mass is 10.1. The number of nitrogens with zero attached hydrogens (tertiary/aromatic N) is 3. The molecule has 90 valence electrons. The first kappa shape index (κ1) is 11.2. The smallest absolute Gasteiger partial charge is 0.132 e. The van der Waals surface area contributed by atoms with Crippen molar-refractivity contribution in [3.05, 3.63) is 34.8 Å². The van der Waals surface area contributed by atoms with Gasteiger partial charge >= 0.3 is 0 Å². The zero-order chi connectivity index (χ0) is 11.8. The van der Waals surface area contributed by atoms with Crippen LogP contribution < -0.4 is 0 Å². The van der Waals surface area contributed by atoms with Crippen LogP contribution in [0.25, 0.3) is 5.52 Å². The Kier molecular flexibility index (Phi) is 2.92. The molecule has 0 spiro atoms. The minimum atomic E-state index is 0.566. The van der Waals surface area contributed by atoms with E-state index in [1.165, 1.54) is 18.8 Å². The van der Waals surface area contributed by atoms with Gasteiger partial charge in [-0.1, -0.05) is 13.0 Å². The van der Waals surface area contributed by atoms with Crippen LogP contribution in [-0.2, 0) is 0 Å². The van der Waals surface area contributed by atoms with E-state index in [0.717, 1.165) is 23.2 Å². The summed E-state index contributed by atoms with van der Waals surface area (Å²) in [6, 6.07) is 6.23. The quantitative estimate of drug-likeness (QED) is 0.849. The molecule has 1 aliphatic heterocycles. The lowest BCUT2D eigenvalue weighted by Crippen LogP contribution is -2.19. The molecule has 17 heavy (non-hydrogen) atoms. The maximum absolute atomic E-state index is 4.69. The summed E-state index contributed by atoms with van der Waals surface area (Å²) >= 11 is 3.55. The molecule has 0 aliphatic carbocycles. The van der Waals surface area contributed by atoms with Crippen LogP contribution >= 0.6 is 15.9 Å². The molecule has 0 amide bonds. The molecule has 0 aromatic carbocycles. The summed E-state index contributed by atoms with van der Waals surface area (Å²) < 4.78 is 3.18. The van der Waals surface area contributed by atoms with Gasteiger partial charge in [-0.15, -0.1) is 0 Å². The Morgan fingerprint density at radius 3 is 3.12 bits per heavy atom. The summed E-state index contributed by atoms with van der Waals surface area (Å²) in [7, 11) is 0. The Balaban J connectivity index is 2.01. The van der Waals surface area contributed by atoms with Crippen LogP contribution in [0.5, 0.6) is 0 Å². The largest absolute Gasteiger partial charge is 0.303 e. The minimum Gasteiger partial charge on any atom is -0.303 e. The van der Waals surface area contributed by atoms with E-state index in [9.17, 15) is 0 Å². The Bertz CT molecular complexity index is 534. The molecule has 1 atom stereocenters. The van der Waals surface area contributed by atoms with Gasteiger partial charge in [-0.2, -0.15) is 0 Å². The number of halogens is 1. The summed E-state index contributed by atoms with van der Waals surface area (Å²) in [4.78, 5) is 7.18. The van der Waals surface area contributed by atoms with Crippen molar-refractivity contribution in [1.29, 1.82) is 0 Å². The summed E-state index contributed by atoms with van der Waals surface area (Å²) in [6.45, 7) is 5.69. The maximum Gasteiger partial charge on any atom is 0.132 e. The van der Waals surface area contributed by atoms with Crippen LogP contribution in [0.1, 0.15) is 25.1 Å². The number of pyridine rings is 1. The van der Waals surface area contributed by atoms with Crippen molar-refractivity contribution in [3.63, 3.8) is 0 Å². The fourth-order valence-corrected chi connectivity index (χ4v) is 3.15. The number of aromatic nitrogens is 2. The van der Waals surface area contributed by atoms with Crippen molar-refractivity contribution in [2.75, 3.05) is 19.6 Å². The third-order valence-corrected chi connectivity index (χ3v) is 4.20. The third-order valence-electron chi connectivity index (χ3n) is 3.62. The van der Waals surface area contributed by atoms with E-state index >= 15 is 0 Å². The van der Waals surface area contributed by atoms with E-state index in [2.05, 4.69) is 56.6 Å². The van der Waals surface area contributed by atoms with Gasteiger partial charge in [-0.3, -0.25) is 0 Å². The molecule has 0 saturated carbocycles. The highest BCUT2D eigenvalue weighted by Gasteiger charge is 2.26. The van der Waals surface area contributed by atoms with Crippen molar-refractivity contribution in [3.8, 4) is 0 Å². The first-order chi connectivity index (χ1) is 8.29. The summed E-state index contributed by atoms with van der Waals surface area (Å²) in [5, 5.41) is 0. The summed E-state index contributed by atoms with van der Waals surface area (Å²) in [5.41, 5.74) is 1.16. The van der Waals surface area contributed by atoms with Gasteiger partial charge in [-0.05, 0) is 47.6 Å². The molecule has 3 nitrogen and oxygen atoms in total. The van der Waals surface area contributed by atoms with E-state index < -0.39 is 0 Å². The molecule has 2 aromatic rings. The first-order valence-corrected chi connectivity index (χ1v) is 6.93. The fraction of sp³-hybridized carbons (Fsp3) is 0.462. The molecule has 2 aromatic heterocycles. The molecule has 0 bridgehead atoms. The van der Waals surface area contributed by atoms with Crippen LogP contribution in [0, 0.1) is 0 Å². The van der Waals surface area contributed by atoms with Crippen LogP contribution in [0.15, 0.2) is 29.0 Å². The number of imidazole rings is 1. The highest BCUT2D eigenvalue weighted by molar-refractivity contribution is 9.10. The monoisotopic (exact) mass is 293 g/mol. The lowest BCUT2D eigenvalue weighted by molar-refractivity contribution is 0.352. The fourth-order valence-electron chi connectivity index (χ4n) is 2.64. The highest BCUT2D eigenvalue weighted by atomic mass is 79.9. The van der Waals surface area contributed by atoms with Gasteiger partial charge in [0.25, 0.3) is 0 Å². The van der Waals surface area contributed by atoms with Gasteiger partial charge in [0, 0.05) is 18.7 Å². The standard InChI is InChI=1S/C13H16BrN3/c1-2-16-8-6-10(9-16)13-15-12(14)11-5-3-4-7-17(11)13/h3-5,7,10H,2,6,8-9H2,1H3. The minimum absolute atomic E-state index is 0.566. The molecular formula is C13H16BrN3. The van der Waals surface area contributed by atoms with Crippen molar-refractivity contribution in [1.82, 2.24) is 14.3 Å². The zero-order valence-corrected chi connectivity index (χ0v) is 11.5. The second-order valence-corrected chi connectivity index (χ2v) is 5.35. The Labute approximate surface area is 110 Å². The van der Waals surface area contributed by atoms with E-state index in [1.54, 1.807) is 0 Å². The zero-order valence-electron chi connectivity index (χ0n) is 9.93. The van der Waals surface area contributed by atoms with Gasteiger partial charge < -0.3 is 9.30 Å². The number of likely N-dealkylation sites (N-methyl/N-ethyl adjacent to an activating group) is 1. The number of hydrogen-bond donors (Lipinski definition) is 0. The van der Waals surface area contributed by atoms with E-state index in [0.29, 0.717) is 5.92 Å². The predicted molar refractivity (Wildman–Crippen MR) is 72.4 cm³/mol. The van der Waals surface area contributed by atoms with Gasteiger partial charge in [0.1, 0.15) is 10.4 Å². The van der Waals surface area contributed by atoms with E-state index in [4.69, 9.17) is 4.98 Å². The summed E-state index contributed by atoms with van der Waals surface area (Å²) in [5.74, 6) is 1.76. The molecule has 0 radical (unpaired) electrons. The molecule has 3 heterocycles. The second kappa shape index (κ2) is 4.42. The molecule has 0 N–H and O–H groups in total. The Morgan fingerprint density at radius 2 is 2.35 bits per heavy atom. The van der Waals surface area contributed by atoms with Gasteiger partial charge in [0.15, 0.2) is 0 Å². The lowest BCUT2D eigenvalue weighted by Gasteiger charge is -2.12. The third kappa shape index (κ3) is 1.89. The number of fused-ring (bicyclic) bond motifs is 1. The Hall–Kier alpha value is -0.870. The highest BCUT2D eigenvalue weighted by Crippen LogP contribution is 2.29. The average molecular weight is 294 g/mol. The van der Waals surface area contributed by atoms with E-state index in [1.807, 2.05) is 0 Å². The molecular weight excluding hydrogens is 278 g/mol. The molecule has 4 heteroatoms. The number of likely N-dealkylation sites (tertiary alicyclic amines) is 1. The molecule has 1 unspecified atom stereocenters. The van der Waals surface area contributed by atoms with Crippen LogP contribution in [0.2, 0.25) is 0 Å². The van der Waals surface area contributed by atoms with Crippen LogP contribution in [0.4, 0.5) is 0 Å². The molecule has 3 rings (SSSR count). The SMILES string of the molecule is CCN1CCC(c2nc(Br)c3ccccn23)C1. The maximum atomic E-state index is 4.69. The van der Waals surface area contributed by atoms with Crippen LogP contribution in [0.3, 0.4) is 0 Å². The Morgan fingerprint density at radius 1 is 1.47 bits per heavy atom. The predicted octanol–water partition coefficient (Wildman–Crippen LogP) is 2.91. The topological polar surface area (TPSA) is 20.5 Å².